The summed E-state index contributed by atoms with van der Waals surface area (Å²) in [6.07, 6.45) is 0. The Bertz CT molecular complexity index is 807. The van der Waals surface area contributed by atoms with Crippen LogP contribution in [0.4, 0.5) is 0 Å². The summed E-state index contributed by atoms with van der Waals surface area (Å²) in [4.78, 5) is 26.8. The molecule has 0 saturated heterocycles. The molecule has 0 aliphatic heterocycles. The zero-order valence-electron chi connectivity index (χ0n) is 16.9. The van der Waals surface area contributed by atoms with Crippen molar-refractivity contribution in [2.24, 2.45) is 0 Å². The lowest BCUT2D eigenvalue weighted by atomic mass is 10.1. The molecule has 0 bridgehead atoms. The molecule has 2 rings (SSSR count). The van der Waals surface area contributed by atoms with Crippen LogP contribution in [0.2, 0.25) is 0 Å². The fourth-order valence-electron chi connectivity index (χ4n) is 2.81. The van der Waals surface area contributed by atoms with Crippen LogP contribution in [-0.2, 0) is 16.1 Å². The van der Waals surface area contributed by atoms with Crippen LogP contribution in [0.15, 0.2) is 48.5 Å². The number of likely N-dealkylation sites (N-methyl/N-ethyl adjacent to an activating group) is 1. The highest BCUT2D eigenvalue weighted by atomic mass is 16.5. The van der Waals surface area contributed by atoms with Gasteiger partial charge in [-0.25, -0.2) is 0 Å². The summed E-state index contributed by atoms with van der Waals surface area (Å²) < 4.78 is 10.9. The Morgan fingerprint density at radius 1 is 1.11 bits per heavy atom. The van der Waals surface area contributed by atoms with Gasteiger partial charge in [0.2, 0.25) is 5.91 Å². The average molecular weight is 384 g/mol. The van der Waals surface area contributed by atoms with Crippen molar-refractivity contribution in [3.05, 3.63) is 59.7 Å². The summed E-state index contributed by atoms with van der Waals surface area (Å²) in [7, 11) is 1.59. The largest absolute Gasteiger partial charge is 0.497 e. The van der Waals surface area contributed by atoms with Crippen LogP contribution in [0.25, 0.3) is 0 Å². The first-order chi connectivity index (χ1) is 13.4. The number of ether oxygens (including phenoxy) is 2. The zero-order valence-corrected chi connectivity index (χ0v) is 16.9. The Balaban J connectivity index is 2.15. The van der Waals surface area contributed by atoms with Gasteiger partial charge in [-0.05, 0) is 56.2 Å². The number of aryl methyl sites for hydroxylation is 1. The van der Waals surface area contributed by atoms with Gasteiger partial charge in [0.25, 0.3) is 5.91 Å². The quantitative estimate of drug-likeness (QED) is 0.722. The molecule has 0 fully saturated rings. The maximum atomic E-state index is 12.9. The molecule has 6 heteroatoms. The zero-order chi connectivity index (χ0) is 20.5. The number of nitrogens with zero attached hydrogens (tertiary/aromatic N) is 1. The molecule has 150 valence electrons. The molecule has 2 aromatic rings. The van der Waals surface area contributed by atoms with Gasteiger partial charge in [-0.2, -0.15) is 0 Å². The van der Waals surface area contributed by atoms with E-state index in [1.807, 2.05) is 56.3 Å². The normalized spacial score (nSPS) is 11.4. The Morgan fingerprint density at radius 3 is 2.50 bits per heavy atom. The average Bonchev–Trinajstić information content (AvgIpc) is 2.70. The summed E-state index contributed by atoms with van der Waals surface area (Å²) in [5.41, 5.74) is 1.92. The van der Waals surface area contributed by atoms with E-state index in [-0.39, 0.29) is 25.0 Å². The third-order valence-electron chi connectivity index (χ3n) is 4.36. The molecule has 1 atom stereocenters. The Kier molecular flexibility index (Phi) is 7.87. The van der Waals surface area contributed by atoms with Gasteiger partial charge in [-0.3, -0.25) is 9.59 Å². The molecule has 0 aromatic heterocycles. The molecule has 6 nitrogen and oxygen atoms in total. The van der Waals surface area contributed by atoms with Gasteiger partial charge in [0.1, 0.15) is 17.5 Å². The molecule has 0 aliphatic rings. The highest BCUT2D eigenvalue weighted by molar-refractivity contribution is 5.87. The summed E-state index contributed by atoms with van der Waals surface area (Å²) in [6, 6.07) is 14.3. The van der Waals surface area contributed by atoms with Crippen molar-refractivity contribution in [3.63, 3.8) is 0 Å². The van der Waals surface area contributed by atoms with Crippen LogP contribution in [-0.4, -0.2) is 43.0 Å². The van der Waals surface area contributed by atoms with Crippen LogP contribution < -0.4 is 14.8 Å². The minimum absolute atomic E-state index is 0.142. The minimum Gasteiger partial charge on any atom is -0.497 e. The predicted molar refractivity (Wildman–Crippen MR) is 108 cm³/mol. The molecule has 0 spiro atoms. The van der Waals surface area contributed by atoms with Crippen molar-refractivity contribution in [1.29, 1.82) is 0 Å². The highest BCUT2D eigenvalue weighted by Crippen LogP contribution is 2.17. The first-order valence-electron chi connectivity index (χ1n) is 9.34. The van der Waals surface area contributed by atoms with E-state index in [1.165, 1.54) is 4.90 Å². The smallest absolute Gasteiger partial charge is 0.261 e. The summed E-state index contributed by atoms with van der Waals surface area (Å²) in [5.74, 6) is 0.865. The van der Waals surface area contributed by atoms with Gasteiger partial charge in [0.15, 0.2) is 6.61 Å². The van der Waals surface area contributed by atoms with Gasteiger partial charge in [0, 0.05) is 13.1 Å². The Morgan fingerprint density at radius 2 is 1.82 bits per heavy atom. The van der Waals surface area contributed by atoms with Crippen LogP contribution in [0.3, 0.4) is 0 Å². The molecule has 0 heterocycles. The number of hydrogen-bond acceptors (Lipinski definition) is 4. The van der Waals surface area contributed by atoms with E-state index in [2.05, 4.69) is 5.32 Å². The first-order valence-corrected chi connectivity index (χ1v) is 9.34. The molecule has 2 aromatic carbocycles. The molecule has 0 unspecified atom stereocenters. The second-order valence-corrected chi connectivity index (χ2v) is 6.55. The van der Waals surface area contributed by atoms with Crippen LogP contribution >= 0.6 is 0 Å². The minimum atomic E-state index is -0.625. The molecule has 0 radical (unpaired) electrons. The first kappa shape index (κ1) is 21.3. The molecular formula is C22H28N2O4. The number of carbonyl (C=O) groups excluding carboxylic acids is 2. The van der Waals surface area contributed by atoms with Gasteiger partial charge < -0.3 is 19.7 Å². The fraction of sp³-hybridized carbons (Fsp3) is 0.364. The number of carbonyl (C=O) groups is 2. The summed E-state index contributed by atoms with van der Waals surface area (Å²) in [5, 5.41) is 2.77. The fourth-order valence-corrected chi connectivity index (χ4v) is 2.81. The van der Waals surface area contributed by atoms with Gasteiger partial charge in [0.05, 0.1) is 7.11 Å². The maximum Gasteiger partial charge on any atom is 0.261 e. The van der Waals surface area contributed by atoms with E-state index in [1.54, 1.807) is 20.1 Å². The van der Waals surface area contributed by atoms with E-state index < -0.39 is 6.04 Å². The lowest BCUT2D eigenvalue weighted by Gasteiger charge is -2.28. The standard InChI is InChI=1S/C22H28N2O4/c1-5-23-22(26)17(3)24(14-18-9-7-10-19(13-18)27-4)21(25)15-28-20-11-6-8-16(2)12-20/h6-13,17H,5,14-15H2,1-4H3,(H,23,26)/t17-/m1/s1. The van der Waals surface area contributed by atoms with Crippen molar-refractivity contribution in [3.8, 4) is 11.5 Å². The van der Waals surface area contributed by atoms with Gasteiger partial charge in [-0.1, -0.05) is 24.3 Å². The third kappa shape index (κ3) is 6.01. The SMILES string of the molecule is CCNC(=O)[C@@H](C)N(Cc1cccc(OC)c1)C(=O)COc1cccc(C)c1. The second-order valence-electron chi connectivity index (χ2n) is 6.55. The lowest BCUT2D eigenvalue weighted by Crippen LogP contribution is -2.49. The maximum absolute atomic E-state index is 12.9. The third-order valence-corrected chi connectivity index (χ3v) is 4.36. The number of rotatable bonds is 9. The van der Waals surface area contributed by atoms with Gasteiger partial charge >= 0.3 is 0 Å². The molecule has 0 aliphatic carbocycles. The number of hydrogen-bond donors (Lipinski definition) is 1. The molecule has 1 N–H and O–H groups in total. The molecule has 2 amide bonds. The van der Waals surface area contributed by atoms with Crippen LogP contribution in [0.1, 0.15) is 25.0 Å². The monoisotopic (exact) mass is 384 g/mol. The van der Waals surface area contributed by atoms with Crippen molar-refractivity contribution >= 4 is 11.8 Å². The van der Waals surface area contributed by atoms with E-state index in [0.717, 1.165) is 11.1 Å². The second kappa shape index (κ2) is 10.3. The summed E-state index contributed by atoms with van der Waals surface area (Å²) in [6.45, 7) is 6.17. The van der Waals surface area contributed by atoms with E-state index >= 15 is 0 Å². The molecular weight excluding hydrogens is 356 g/mol. The van der Waals surface area contributed by atoms with Gasteiger partial charge in [-0.15, -0.1) is 0 Å². The van der Waals surface area contributed by atoms with E-state index in [0.29, 0.717) is 18.0 Å². The number of methoxy groups -OCH3 is 1. The van der Waals surface area contributed by atoms with Crippen molar-refractivity contribution in [1.82, 2.24) is 10.2 Å². The van der Waals surface area contributed by atoms with Crippen LogP contribution in [0.5, 0.6) is 11.5 Å². The Hall–Kier alpha value is -3.02. The Labute approximate surface area is 166 Å². The van der Waals surface area contributed by atoms with Crippen molar-refractivity contribution in [2.45, 2.75) is 33.4 Å². The van der Waals surface area contributed by atoms with Crippen molar-refractivity contribution in [2.75, 3.05) is 20.3 Å². The highest BCUT2D eigenvalue weighted by Gasteiger charge is 2.26. The van der Waals surface area contributed by atoms with Crippen LogP contribution in [0, 0.1) is 6.92 Å². The van der Waals surface area contributed by atoms with Crippen molar-refractivity contribution < 1.29 is 19.1 Å². The molecule has 28 heavy (non-hydrogen) atoms. The number of amides is 2. The van der Waals surface area contributed by atoms with E-state index in [9.17, 15) is 9.59 Å². The van der Waals surface area contributed by atoms with E-state index in [4.69, 9.17) is 9.47 Å². The predicted octanol–water partition coefficient (Wildman–Crippen LogP) is 2.94. The molecule has 0 saturated carbocycles. The topological polar surface area (TPSA) is 67.9 Å². The number of nitrogens with one attached hydrogen (secondary N) is 1. The number of benzene rings is 2. The summed E-state index contributed by atoms with van der Waals surface area (Å²) >= 11 is 0. The lowest BCUT2D eigenvalue weighted by molar-refractivity contribution is -0.142.